The van der Waals surface area contributed by atoms with E-state index in [-0.39, 0.29) is 6.07 Å². The van der Waals surface area contributed by atoms with Gasteiger partial charge in [0, 0.05) is 5.56 Å². The van der Waals surface area contributed by atoms with Crippen molar-refractivity contribution in [1.82, 2.24) is 4.90 Å². The molecule has 1 aromatic carbocycles. The molecule has 0 unspecified atom stereocenters. The number of halogens is 6. The fourth-order valence-electron chi connectivity index (χ4n) is 1.47. The topological polar surface area (TPSA) is 20.3 Å². The number of rotatable bonds is 3. The molecule has 0 heterocycles. The minimum atomic E-state index is -5.01. The van der Waals surface area contributed by atoms with Gasteiger partial charge in [-0.3, -0.25) is 4.79 Å². The van der Waals surface area contributed by atoms with Gasteiger partial charge >= 0.3 is 12.4 Å². The van der Waals surface area contributed by atoms with Crippen molar-refractivity contribution in [1.29, 1.82) is 0 Å². The van der Waals surface area contributed by atoms with E-state index < -0.39 is 35.0 Å². The largest absolute Gasteiger partial charge is 0.416 e. The van der Waals surface area contributed by atoms with Crippen LogP contribution >= 0.6 is 0 Å². The number of alkyl halides is 6. The van der Waals surface area contributed by atoms with Gasteiger partial charge in [-0.15, -0.1) is 0 Å². The monoisotopic (exact) mass is 309 g/mol. The quantitative estimate of drug-likeness (QED) is 0.768. The number of amides is 1. The zero-order valence-electron chi connectivity index (χ0n) is 10.4. The number of carbonyl (C=O) groups excluding carboxylic acids is 1. The van der Waals surface area contributed by atoms with Crippen molar-refractivity contribution in [3.05, 3.63) is 61.8 Å². The zero-order chi connectivity index (χ0) is 16.4. The van der Waals surface area contributed by atoms with Crippen molar-refractivity contribution >= 4 is 5.91 Å². The number of hydrogen-bond acceptors (Lipinski definition) is 1. The van der Waals surface area contributed by atoms with E-state index in [1.54, 1.807) is 0 Å². The molecule has 0 spiro atoms. The van der Waals surface area contributed by atoms with Crippen LogP contribution in [-0.4, -0.2) is 10.8 Å². The Bertz CT molecular complexity index is 484. The molecule has 0 saturated carbocycles. The third-order valence-corrected chi connectivity index (χ3v) is 2.46. The fourth-order valence-corrected chi connectivity index (χ4v) is 1.47. The predicted octanol–water partition coefficient (Wildman–Crippen LogP) is 4.16. The number of benzene rings is 1. The van der Waals surface area contributed by atoms with Crippen LogP contribution < -0.4 is 0 Å². The van der Waals surface area contributed by atoms with E-state index in [0.717, 1.165) is 13.1 Å². The summed E-state index contributed by atoms with van der Waals surface area (Å²) in [7, 11) is 0. The van der Waals surface area contributed by atoms with Gasteiger partial charge in [-0.25, -0.2) is 0 Å². The molecular formula is C13H9F6NO. The third kappa shape index (κ3) is 4.12. The second-order valence-corrected chi connectivity index (χ2v) is 3.87. The summed E-state index contributed by atoms with van der Waals surface area (Å²) in [6.07, 6.45) is -10.0. The van der Waals surface area contributed by atoms with Crippen LogP contribution in [0.4, 0.5) is 26.3 Å². The minimum absolute atomic E-state index is 0.0526. The number of hydrogen-bond donors (Lipinski definition) is 0. The van der Waals surface area contributed by atoms with E-state index >= 15 is 0 Å². The Kier molecular flexibility index (Phi) is 4.91. The summed E-state index contributed by atoms with van der Waals surface area (Å²) in [4.78, 5) is 12.5. The van der Waals surface area contributed by atoms with E-state index in [0.29, 0.717) is 17.0 Å². The highest BCUT2D eigenvalue weighted by Crippen LogP contribution is 2.36. The fraction of sp³-hybridized carbons (Fsp3) is 0.154. The lowest BCUT2D eigenvalue weighted by atomic mass is 10.0. The predicted molar refractivity (Wildman–Crippen MR) is 61.9 cm³/mol. The summed E-state index contributed by atoms with van der Waals surface area (Å²) in [5, 5.41) is 0. The highest BCUT2D eigenvalue weighted by Gasteiger charge is 2.37. The lowest BCUT2D eigenvalue weighted by Crippen LogP contribution is -2.25. The molecule has 21 heavy (non-hydrogen) atoms. The summed E-state index contributed by atoms with van der Waals surface area (Å²) in [5.41, 5.74) is -3.89. The van der Waals surface area contributed by atoms with Crippen LogP contribution in [0.1, 0.15) is 21.5 Å². The SMILES string of the molecule is [CH2][CH]N([CH][CH2])C(=O)c1cc(C(F)(F)F)cc(C(F)(F)F)c1. The molecule has 0 aliphatic heterocycles. The number of carbonyl (C=O) groups is 1. The standard InChI is InChI=1S/C13H9F6NO/c1-3-20(4-2)11(21)8-5-9(12(14,15)16)7-10(6-8)13(17,18)19/h3-7H,1-2H2. The molecule has 0 aliphatic carbocycles. The summed E-state index contributed by atoms with van der Waals surface area (Å²) >= 11 is 0. The van der Waals surface area contributed by atoms with Gasteiger partial charge in [0.15, 0.2) is 0 Å². The molecule has 1 rings (SSSR count). The lowest BCUT2D eigenvalue weighted by Gasteiger charge is -2.19. The molecule has 1 amide bonds. The molecule has 0 atom stereocenters. The third-order valence-electron chi connectivity index (χ3n) is 2.46. The Morgan fingerprint density at radius 1 is 0.905 bits per heavy atom. The molecular weight excluding hydrogens is 300 g/mol. The van der Waals surface area contributed by atoms with Crippen molar-refractivity contribution < 1.29 is 31.1 Å². The Morgan fingerprint density at radius 3 is 1.57 bits per heavy atom. The van der Waals surface area contributed by atoms with Crippen LogP contribution in [0.5, 0.6) is 0 Å². The van der Waals surface area contributed by atoms with E-state index in [2.05, 4.69) is 13.8 Å². The van der Waals surface area contributed by atoms with Gasteiger partial charge in [-0.2, -0.15) is 26.3 Å². The van der Waals surface area contributed by atoms with Crippen molar-refractivity contribution in [2.75, 3.05) is 0 Å². The van der Waals surface area contributed by atoms with Gasteiger partial charge in [0.05, 0.1) is 24.2 Å². The molecule has 0 N–H and O–H groups in total. The highest BCUT2D eigenvalue weighted by atomic mass is 19.4. The lowest BCUT2D eigenvalue weighted by molar-refractivity contribution is -0.143. The summed E-state index contributed by atoms with van der Waals surface area (Å²) in [6.45, 7) is 8.26. The molecule has 0 bridgehead atoms. The smallest absolute Gasteiger partial charge is 0.329 e. The zero-order valence-corrected chi connectivity index (χ0v) is 10.4. The van der Waals surface area contributed by atoms with Gasteiger partial charge in [0.2, 0.25) is 0 Å². The molecule has 2 nitrogen and oxygen atoms in total. The maximum atomic E-state index is 12.6. The van der Waals surface area contributed by atoms with Crippen molar-refractivity contribution in [3.63, 3.8) is 0 Å². The van der Waals surface area contributed by atoms with Crippen LogP contribution in [0, 0.1) is 26.9 Å². The van der Waals surface area contributed by atoms with Gasteiger partial charge in [0.1, 0.15) is 0 Å². The first-order valence-corrected chi connectivity index (χ1v) is 5.38. The van der Waals surface area contributed by atoms with Crippen molar-refractivity contribution in [2.45, 2.75) is 12.4 Å². The van der Waals surface area contributed by atoms with Crippen LogP contribution in [0.25, 0.3) is 0 Å². The van der Waals surface area contributed by atoms with E-state index in [9.17, 15) is 31.1 Å². The first-order chi connectivity index (χ1) is 9.50. The Morgan fingerprint density at radius 2 is 1.29 bits per heavy atom. The molecule has 8 heteroatoms. The molecule has 0 aromatic heterocycles. The molecule has 114 valence electrons. The van der Waals surface area contributed by atoms with Crippen LogP contribution in [0.3, 0.4) is 0 Å². The van der Waals surface area contributed by atoms with Gasteiger partial charge in [-0.1, -0.05) is 0 Å². The summed E-state index contributed by atoms with van der Waals surface area (Å²) in [6, 6.07) is 0.637. The Hall–Kier alpha value is -1.73. The van der Waals surface area contributed by atoms with E-state index in [1.807, 2.05) is 0 Å². The number of nitrogens with zero attached hydrogens (tertiary/aromatic N) is 1. The van der Waals surface area contributed by atoms with Crippen molar-refractivity contribution in [2.24, 2.45) is 0 Å². The van der Waals surface area contributed by atoms with E-state index in [4.69, 9.17) is 0 Å². The average molecular weight is 309 g/mol. The second kappa shape index (κ2) is 5.95. The normalized spacial score (nSPS) is 12.4. The molecule has 4 radical (unpaired) electrons. The van der Waals surface area contributed by atoms with Gasteiger partial charge in [-0.05, 0) is 32.0 Å². The van der Waals surface area contributed by atoms with E-state index in [1.165, 1.54) is 0 Å². The van der Waals surface area contributed by atoms with Gasteiger partial charge in [0.25, 0.3) is 5.91 Å². The maximum Gasteiger partial charge on any atom is 0.416 e. The van der Waals surface area contributed by atoms with Crippen LogP contribution in [0.15, 0.2) is 18.2 Å². The van der Waals surface area contributed by atoms with Crippen LogP contribution in [0.2, 0.25) is 0 Å². The van der Waals surface area contributed by atoms with Crippen molar-refractivity contribution in [3.8, 4) is 0 Å². The molecule has 0 fully saturated rings. The van der Waals surface area contributed by atoms with Gasteiger partial charge < -0.3 is 4.90 Å². The first kappa shape index (κ1) is 17.3. The second-order valence-electron chi connectivity index (χ2n) is 3.87. The molecule has 0 saturated heterocycles. The maximum absolute atomic E-state index is 12.6. The first-order valence-electron chi connectivity index (χ1n) is 5.38. The van der Waals surface area contributed by atoms with Crippen LogP contribution in [-0.2, 0) is 12.4 Å². The molecule has 1 aromatic rings. The average Bonchev–Trinajstić information content (AvgIpc) is 2.37. The molecule has 0 aliphatic rings. The Balaban J connectivity index is 3.42. The Labute approximate surface area is 117 Å². The summed E-state index contributed by atoms with van der Waals surface area (Å²) in [5.74, 6) is -1.10. The summed E-state index contributed by atoms with van der Waals surface area (Å²) < 4.78 is 75.8. The minimum Gasteiger partial charge on any atom is -0.329 e. The highest BCUT2D eigenvalue weighted by molar-refractivity contribution is 5.95.